The summed E-state index contributed by atoms with van der Waals surface area (Å²) in [6, 6.07) is 8.56. The van der Waals surface area contributed by atoms with E-state index in [-0.39, 0.29) is 0 Å². The predicted octanol–water partition coefficient (Wildman–Crippen LogP) is 5.23. The van der Waals surface area contributed by atoms with E-state index in [0.29, 0.717) is 5.54 Å². The van der Waals surface area contributed by atoms with Crippen LogP contribution in [0.3, 0.4) is 0 Å². The highest BCUT2D eigenvalue weighted by molar-refractivity contribution is 6.30. The van der Waals surface area contributed by atoms with Crippen LogP contribution < -0.4 is 0 Å². The Morgan fingerprint density at radius 3 is 2.25 bits per heavy atom. The maximum absolute atomic E-state index is 6.04. The molecular formula is C18H26ClN. The molecule has 0 atom stereocenters. The van der Waals surface area contributed by atoms with E-state index in [0.717, 1.165) is 10.9 Å². The van der Waals surface area contributed by atoms with E-state index in [9.17, 15) is 0 Å². The average molecular weight is 292 g/mol. The molecule has 0 saturated heterocycles. The third kappa shape index (κ3) is 2.76. The molecule has 0 radical (unpaired) electrons. The van der Waals surface area contributed by atoms with Crippen molar-refractivity contribution in [1.82, 2.24) is 4.90 Å². The van der Waals surface area contributed by atoms with Gasteiger partial charge in [-0.2, -0.15) is 0 Å². The van der Waals surface area contributed by atoms with Gasteiger partial charge in [0.2, 0.25) is 0 Å². The molecule has 1 aromatic carbocycles. The summed E-state index contributed by atoms with van der Waals surface area (Å²) in [5, 5.41) is 0.846. The summed E-state index contributed by atoms with van der Waals surface area (Å²) < 4.78 is 0. The SMILES string of the molecule is CN(CC1CCCCC1)C1(c2ccc(Cl)cc2)CCC1. The first-order valence-electron chi connectivity index (χ1n) is 8.18. The molecule has 2 saturated carbocycles. The van der Waals surface area contributed by atoms with Crippen LogP contribution in [0.15, 0.2) is 24.3 Å². The minimum Gasteiger partial charge on any atom is -0.296 e. The molecule has 110 valence electrons. The number of nitrogens with zero attached hydrogens (tertiary/aromatic N) is 1. The summed E-state index contributed by atoms with van der Waals surface area (Å²) in [7, 11) is 2.34. The van der Waals surface area contributed by atoms with Crippen molar-refractivity contribution in [3.05, 3.63) is 34.9 Å². The standard InChI is InChI=1S/C18H26ClN/c1-20(14-15-6-3-2-4-7-15)18(12-5-13-18)16-8-10-17(19)11-9-16/h8-11,15H,2-7,12-14H2,1H3. The molecule has 0 spiro atoms. The van der Waals surface area contributed by atoms with Gasteiger partial charge in [0.1, 0.15) is 0 Å². The van der Waals surface area contributed by atoms with Crippen LogP contribution in [0.25, 0.3) is 0 Å². The zero-order chi connectivity index (χ0) is 14.0. The predicted molar refractivity (Wildman–Crippen MR) is 86.2 cm³/mol. The molecule has 1 nitrogen and oxygen atoms in total. The van der Waals surface area contributed by atoms with E-state index in [2.05, 4.69) is 24.1 Å². The zero-order valence-corrected chi connectivity index (χ0v) is 13.3. The fourth-order valence-electron chi connectivity index (χ4n) is 4.09. The maximum Gasteiger partial charge on any atom is 0.0457 e. The summed E-state index contributed by atoms with van der Waals surface area (Å²) in [5.41, 5.74) is 1.76. The van der Waals surface area contributed by atoms with Gasteiger partial charge in [-0.15, -0.1) is 0 Å². The summed E-state index contributed by atoms with van der Waals surface area (Å²) >= 11 is 6.04. The van der Waals surface area contributed by atoms with Gasteiger partial charge in [-0.05, 0) is 62.8 Å². The van der Waals surface area contributed by atoms with Gasteiger partial charge in [0.05, 0.1) is 0 Å². The Bertz CT molecular complexity index is 429. The van der Waals surface area contributed by atoms with Gasteiger partial charge in [-0.25, -0.2) is 0 Å². The molecule has 0 N–H and O–H groups in total. The first-order chi connectivity index (χ1) is 9.71. The van der Waals surface area contributed by atoms with Crippen molar-refractivity contribution in [3.8, 4) is 0 Å². The quantitative estimate of drug-likeness (QED) is 0.734. The van der Waals surface area contributed by atoms with Crippen LogP contribution in [0.4, 0.5) is 0 Å². The lowest BCUT2D eigenvalue weighted by molar-refractivity contribution is 0.0178. The molecule has 2 aliphatic rings. The molecule has 0 aromatic heterocycles. The van der Waals surface area contributed by atoms with Crippen molar-refractivity contribution < 1.29 is 0 Å². The molecule has 2 heteroatoms. The second-order valence-corrected chi connectivity index (χ2v) is 7.21. The van der Waals surface area contributed by atoms with Crippen molar-refractivity contribution >= 4 is 11.6 Å². The Hall–Kier alpha value is -0.530. The highest BCUT2D eigenvalue weighted by atomic mass is 35.5. The molecule has 0 amide bonds. The van der Waals surface area contributed by atoms with Crippen LogP contribution in [0.1, 0.15) is 56.9 Å². The van der Waals surface area contributed by atoms with Gasteiger partial charge < -0.3 is 0 Å². The molecule has 20 heavy (non-hydrogen) atoms. The molecule has 0 heterocycles. The van der Waals surface area contributed by atoms with E-state index < -0.39 is 0 Å². The number of halogens is 1. The lowest BCUT2D eigenvalue weighted by atomic mass is 9.70. The van der Waals surface area contributed by atoms with Crippen molar-refractivity contribution in [2.45, 2.75) is 56.9 Å². The van der Waals surface area contributed by atoms with Gasteiger partial charge in [-0.3, -0.25) is 4.90 Å². The Morgan fingerprint density at radius 1 is 1.05 bits per heavy atom. The van der Waals surface area contributed by atoms with Crippen molar-refractivity contribution in [2.24, 2.45) is 5.92 Å². The Labute approximate surface area is 128 Å². The van der Waals surface area contributed by atoms with E-state index >= 15 is 0 Å². The van der Waals surface area contributed by atoms with Crippen LogP contribution >= 0.6 is 11.6 Å². The Morgan fingerprint density at radius 2 is 1.70 bits per heavy atom. The monoisotopic (exact) mass is 291 g/mol. The third-order valence-electron chi connectivity index (χ3n) is 5.55. The lowest BCUT2D eigenvalue weighted by Crippen LogP contribution is -2.50. The first-order valence-corrected chi connectivity index (χ1v) is 8.56. The van der Waals surface area contributed by atoms with E-state index in [1.807, 2.05) is 12.1 Å². The zero-order valence-electron chi connectivity index (χ0n) is 12.6. The Kier molecular flexibility index (Phi) is 4.37. The minimum absolute atomic E-state index is 0.294. The van der Waals surface area contributed by atoms with Crippen LogP contribution in [0, 0.1) is 5.92 Å². The van der Waals surface area contributed by atoms with Gasteiger partial charge in [-0.1, -0.05) is 43.0 Å². The minimum atomic E-state index is 0.294. The van der Waals surface area contributed by atoms with Crippen LogP contribution in [0.5, 0.6) is 0 Å². The number of hydrogen-bond acceptors (Lipinski definition) is 1. The lowest BCUT2D eigenvalue weighted by Gasteiger charge is -2.50. The molecule has 1 aromatic rings. The average Bonchev–Trinajstić information content (AvgIpc) is 2.41. The number of hydrogen-bond donors (Lipinski definition) is 0. The maximum atomic E-state index is 6.04. The van der Waals surface area contributed by atoms with E-state index in [1.165, 1.54) is 63.5 Å². The number of benzene rings is 1. The molecule has 2 fully saturated rings. The van der Waals surface area contributed by atoms with E-state index in [1.54, 1.807) is 0 Å². The fourth-order valence-corrected chi connectivity index (χ4v) is 4.22. The van der Waals surface area contributed by atoms with Crippen molar-refractivity contribution in [2.75, 3.05) is 13.6 Å². The molecular weight excluding hydrogens is 266 g/mol. The second kappa shape index (κ2) is 6.07. The van der Waals surface area contributed by atoms with Crippen LogP contribution in [0.2, 0.25) is 5.02 Å². The van der Waals surface area contributed by atoms with E-state index in [4.69, 9.17) is 11.6 Å². The largest absolute Gasteiger partial charge is 0.296 e. The molecule has 0 aliphatic heterocycles. The summed E-state index contributed by atoms with van der Waals surface area (Å²) in [5.74, 6) is 0.915. The first kappa shape index (κ1) is 14.4. The highest BCUT2D eigenvalue weighted by Crippen LogP contribution is 2.46. The van der Waals surface area contributed by atoms with Gasteiger partial charge in [0.15, 0.2) is 0 Å². The molecule has 2 aliphatic carbocycles. The fraction of sp³-hybridized carbons (Fsp3) is 0.667. The number of rotatable bonds is 4. The summed E-state index contributed by atoms with van der Waals surface area (Å²) in [4.78, 5) is 2.65. The second-order valence-electron chi connectivity index (χ2n) is 6.78. The topological polar surface area (TPSA) is 3.24 Å². The normalized spacial score (nSPS) is 22.8. The summed E-state index contributed by atoms with van der Waals surface area (Å²) in [6.45, 7) is 1.27. The Balaban J connectivity index is 1.72. The van der Waals surface area contributed by atoms with Crippen molar-refractivity contribution in [1.29, 1.82) is 0 Å². The smallest absolute Gasteiger partial charge is 0.0457 e. The van der Waals surface area contributed by atoms with Gasteiger partial charge >= 0.3 is 0 Å². The van der Waals surface area contributed by atoms with Crippen LogP contribution in [-0.4, -0.2) is 18.5 Å². The highest BCUT2D eigenvalue weighted by Gasteiger charge is 2.42. The summed E-state index contributed by atoms with van der Waals surface area (Å²) in [6.07, 6.45) is 11.1. The molecule has 0 bridgehead atoms. The molecule has 3 rings (SSSR count). The van der Waals surface area contributed by atoms with Crippen LogP contribution in [-0.2, 0) is 5.54 Å². The third-order valence-corrected chi connectivity index (χ3v) is 5.80. The van der Waals surface area contributed by atoms with Gasteiger partial charge in [0, 0.05) is 17.1 Å². The van der Waals surface area contributed by atoms with Crippen molar-refractivity contribution in [3.63, 3.8) is 0 Å². The molecule has 0 unspecified atom stereocenters. The van der Waals surface area contributed by atoms with Gasteiger partial charge in [0.25, 0.3) is 0 Å².